The average Bonchev–Trinajstić information content (AvgIpc) is 2.48. The quantitative estimate of drug-likeness (QED) is 0.318. The number of ether oxygens (including phenoxy) is 2. The first-order valence-electron chi connectivity index (χ1n) is 8.09. The Kier molecular flexibility index (Phi) is 13.8. The number of esters is 2. The first-order chi connectivity index (χ1) is 10.1. The van der Waals surface area contributed by atoms with Gasteiger partial charge < -0.3 is 9.47 Å². The molecule has 0 aliphatic carbocycles. The van der Waals surface area contributed by atoms with Crippen molar-refractivity contribution in [2.24, 2.45) is 0 Å². The molecule has 0 aromatic rings. The number of hydrogen-bond acceptors (Lipinski definition) is 5. The lowest BCUT2D eigenvalue weighted by Gasteiger charge is -2.16. The summed E-state index contributed by atoms with van der Waals surface area (Å²) in [6, 6.07) is 0. The first-order valence-corrected chi connectivity index (χ1v) is 8.73. The van der Waals surface area contributed by atoms with Crippen LogP contribution in [0.4, 0.5) is 0 Å². The second kappa shape index (κ2) is 14.2. The van der Waals surface area contributed by atoms with E-state index in [1.54, 1.807) is 0 Å². The first kappa shape index (κ1) is 20.3. The molecular formula is C16H30O4S. The standard InChI is InChI=1S/C16H30O4S/c1-3-5-7-9-10-15(17)19-12-14(13-21)20-16(18)11-8-6-4-2/h14,21H,3-13H2,1-2H3/t14-/m1/s1. The van der Waals surface area contributed by atoms with Gasteiger partial charge in [0.1, 0.15) is 12.7 Å². The summed E-state index contributed by atoms with van der Waals surface area (Å²) in [6.45, 7) is 4.32. The fourth-order valence-electron chi connectivity index (χ4n) is 1.84. The van der Waals surface area contributed by atoms with Gasteiger partial charge in [0.2, 0.25) is 0 Å². The second-order valence-corrected chi connectivity index (χ2v) is 5.61. The molecule has 0 aliphatic heterocycles. The average molecular weight is 318 g/mol. The van der Waals surface area contributed by atoms with E-state index in [-0.39, 0.29) is 18.5 Å². The van der Waals surface area contributed by atoms with E-state index in [0.29, 0.717) is 18.6 Å². The molecule has 0 aromatic carbocycles. The summed E-state index contributed by atoms with van der Waals surface area (Å²) in [7, 11) is 0. The van der Waals surface area contributed by atoms with Gasteiger partial charge in [-0.3, -0.25) is 9.59 Å². The van der Waals surface area contributed by atoms with Gasteiger partial charge in [0, 0.05) is 18.6 Å². The van der Waals surface area contributed by atoms with E-state index in [1.165, 1.54) is 0 Å². The Balaban J connectivity index is 3.77. The van der Waals surface area contributed by atoms with Crippen molar-refractivity contribution in [3.63, 3.8) is 0 Å². The SMILES string of the molecule is CCCCCCC(=O)OC[C@H](CS)OC(=O)CCCCC. The zero-order chi connectivity index (χ0) is 15.9. The van der Waals surface area contributed by atoms with Crippen LogP contribution in [-0.2, 0) is 19.1 Å². The van der Waals surface area contributed by atoms with E-state index >= 15 is 0 Å². The van der Waals surface area contributed by atoms with E-state index in [9.17, 15) is 9.59 Å². The Morgan fingerprint density at radius 2 is 1.48 bits per heavy atom. The molecule has 124 valence electrons. The van der Waals surface area contributed by atoms with Crippen molar-refractivity contribution in [2.75, 3.05) is 12.4 Å². The molecule has 4 nitrogen and oxygen atoms in total. The molecule has 0 aliphatic rings. The molecule has 0 saturated heterocycles. The van der Waals surface area contributed by atoms with Gasteiger partial charge >= 0.3 is 11.9 Å². The minimum Gasteiger partial charge on any atom is -0.462 e. The van der Waals surface area contributed by atoms with Gasteiger partial charge in [-0.25, -0.2) is 0 Å². The van der Waals surface area contributed by atoms with Crippen LogP contribution in [0.15, 0.2) is 0 Å². The Morgan fingerprint density at radius 1 is 0.905 bits per heavy atom. The predicted octanol–water partition coefficient (Wildman–Crippen LogP) is 3.92. The zero-order valence-corrected chi connectivity index (χ0v) is 14.3. The van der Waals surface area contributed by atoms with Gasteiger partial charge in [-0.15, -0.1) is 0 Å². The summed E-state index contributed by atoms with van der Waals surface area (Å²) >= 11 is 4.13. The third-order valence-corrected chi connectivity index (χ3v) is 3.56. The smallest absolute Gasteiger partial charge is 0.306 e. The van der Waals surface area contributed by atoms with Crippen LogP contribution >= 0.6 is 12.6 Å². The van der Waals surface area contributed by atoms with Crippen molar-refractivity contribution in [2.45, 2.75) is 77.7 Å². The van der Waals surface area contributed by atoms with Crippen molar-refractivity contribution in [3.8, 4) is 0 Å². The van der Waals surface area contributed by atoms with Gasteiger partial charge in [-0.1, -0.05) is 46.0 Å². The van der Waals surface area contributed by atoms with Gasteiger partial charge in [-0.2, -0.15) is 12.6 Å². The van der Waals surface area contributed by atoms with E-state index in [2.05, 4.69) is 26.5 Å². The lowest BCUT2D eigenvalue weighted by atomic mass is 10.2. The highest BCUT2D eigenvalue weighted by Gasteiger charge is 2.15. The van der Waals surface area contributed by atoms with Crippen LogP contribution in [0.25, 0.3) is 0 Å². The molecule has 0 N–H and O–H groups in total. The molecule has 0 radical (unpaired) electrons. The van der Waals surface area contributed by atoms with E-state index in [1.807, 2.05) is 0 Å². The summed E-state index contributed by atoms with van der Waals surface area (Å²) in [5.74, 6) is -0.0933. The highest BCUT2D eigenvalue weighted by Crippen LogP contribution is 2.07. The van der Waals surface area contributed by atoms with Crippen LogP contribution in [0.2, 0.25) is 0 Å². The second-order valence-electron chi connectivity index (χ2n) is 5.25. The van der Waals surface area contributed by atoms with Crippen LogP contribution in [0.1, 0.15) is 71.6 Å². The van der Waals surface area contributed by atoms with Crippen molar-refractivity contribution in [1.82, 2.24) is 0 Å². The largest absolute Gasteiger partial charge is 0.462 e. The lowest BCUT2D eigenvalue weighted by molar-refractivity contribution is -0.157. The van der Waals surface area contributed by atoms with Crippen LogP contribution < -0.4 is 0 Å². The minimum absolute atomic E-state index is 0.107. The number of hydrogen-bond donors (Lipinski definition) is 1. The van der Waals surface area contributed by atoms with Crippen molar-refractivity contribution in [3.05, 3.63) is 0 Å². The Bertz CT molecular complexity index is 281. The molecule has 0 bridgehead atoms. The maximum absolute atomic E-state index is 11.6. The van der Waals surface area contributed by atoms with Gasteiger partial charge in [-0.05, 0) is 12.8 Å². The molecule has 1 atom stereocenters. The van der Waals surface area contributed by atoms with E-state index in [0.717, 1.165) is 44.9 Å². The minimum atomic E-state index is -0.443. The number of carbonyl (C=O) groups is 2. The summed E-state index contributed by atoms with van der Waals surface area (Å²) in [4.78, 5) is 23.1. The molecule has 0 fully saturated rings. The Hall–Kier alpha value is -0.710. The van der Waals surface area contributed by atoms with Crippen LogP contribution in [-0.4, -0.2) is 30.4 Å². The molecule has 0 unspecified atom stereocenters. The molecular weight excluding hydrogens is 288 g/mol. The topological polar surface area (TPSA) is 52.6 Å². The van der Waals surface area contributed by atoms with Gasteiger partial charge in [0.05, 0.1) is 0 Å². The van der Waals surface area contributed by atoms with Crippen molar-refractivity contribution in [1.29, 1.82) is 0 Å². The third kappa shape index (κ3) is 12.7. The van der Waals surface area contributed by atoms with Crippen LogP contribution in [0.3, 0.4) is 0 Å². The molecule has 0 aromatic heterocycles. The van der Waals surface area contributed by atoms with Crippen LogP contribution in [0.5, 0.6) is 0 Å². The number of thiol groups is 1. The fourth-order valence-corrected chi connectivity index (χ4v) is 2.02. The number of rotatable bonds is 13. The van der Waals surface area contributed by atoms with Crippen molar-refractivity contribution >= 4 is 24.6 Å². The lowest BCUT2D eigenvalue weighted by Crippen LogP contribution is -2.26. The van der Waals surface area contributed by atoms with Crippen molar-refractivity contribution < 1.29 is 19.1 Å². The summed E-state index contributed by atoms with van der Waals surface area (Å²) in [6.07, 6.45) is 7.53. The van der Waals surface area contributed by atoms with E-state index < -0.39 is 6.10 Å². The summed E-state index contributed by atoms with van der Waals surface area (Å²) < 4.78 is 10.4. The van der Waals surface area contributed by atoms with E-state index in [4.69, 9.17) is 9.47 Å². The third-order valence-electron chi connectivity index (χ3n) is 3.15. The number of unbranched alkanes of at least 4 members (excludes halogenated alkanes) is 5. The zero-order valence-electron chi connectivity index (χ0n) is 13.4. The molecule has 5 heteroatoms. The summed E-state index contributed by atoms with van der Waals surface area (Å²) in [5, 5.41) is 0. The normalized spacial score (nSPS) is 12.0. The maximum atomic E-state index is 11.6. The molecule has 0 spiro atoms. The fraction of sp³-hybridized carbons (Fsp3) is 0.875. The predicted molar refractivity (Wildman–Crippen MR) is 87.6 cm³/mol. The number of carbonyl (C=O) groups excluding carboxylic acids is 2. The maximum Gasteiger partial charge on any atom is 0.306 e. The molecule has 0 amide bonds. The van der Waals surface area contributed by atoms with Gasteiger partial charge in [0.25, 0.3) is 0 Å². The summed E-state index contributed by atoms with van der Waals surface area (Å²) in [5.41, 5.74) is 0. The molecule has 21 heavy (non-hydrogen) atoms. The molecule has 0 rings (SSSR count). The Labute approximate surface area is 134 Å². The highest BCUT2D eigenvalue weighted by atomic mass is 32.1. The Morgan fingerprint density at radius 3 is 2.10 bits per heavy atom. The van der Waals surface area contributed by atoms with Gasteiger partial charge in [0.15, 0.2) is 0 Å². The molecule has 0 heterocycles. The highest BCUT2D eigenvalue weighted by molar-refractivity contribution is 7.80. The monoisotopic (exact) mass is 318 g/mol. The molecule has 0 saturated carbocycles. The van der Waals surface area contributed by atoms with Crippen LogP contribution in [0, 0.1) is 0 Å².